The van der Waals surface area contributed by atoms with Crippen molar-refractivity contribution in [2.75, 3.05) is 11.4 Å². The average Bonchev–Trinajstić information content (AvgIpc) is 3.19. The summed E-state index contributed by atoms with van der Waals surface area (Å²) in [6.45, 7) is 12.0. The molecule has 4 nitrogen and oxygen atoms in total. The Morgan fingerprint density at radius 1 is 1.11 bits per heavy atom. The number of rotatable bonds is 4. The van der Waals surface area contributed by atoms with Crippen LogP contribution >= 0.6 is 15.9 Å². The van der Waals surface area contributed by atoms with Gasteiger partial charge in [-0.1, -0.05) is 35.8 Å². The maximum atomic E-state index is 5.02. The molecular weight excluding hydrogens is 400 g/mol. The van der Waals surface area contributed by atoms with Gasteiger partial charge in [0.05, 0.1) is 5.69 Å². The van der Waals surface area contributed by atoms with Crippen molar-refractivity contribution in [3.05, 3.63) is 45.2 Å². The van der Waals surface area contributed by atoms with Gasteiger partial charge in [0.1, 0.15) is 5.82 Å². The number of halogens is 1. The molecule has 4 rings (SSSR count). The van der Waals surface area contributed by atoms with Crippen molar-refractivity contribution in [2.45, 2.75) is 59.9 Å². The molecule has 0 radical (unpaired) electrons. The summed E-state index contributed by atoms with van der Waals surface area (Å²) in [7, 11) is 0. The van der Waals surface area contributed by atoms with Gasteiger partial charge < -0.3 is 4.90 Å². The van der Waals surface area contributed by atoms with E-state index in [1.165, 1.54) is 22.5 Å². The quantitative estimate of drug-likeness (QED) is 0.541. The third kappa shape index (κ3) is 2.87. The molecule has 142 valence electrons. The first kappa shape index (κ1) is 18.5. The highest BCUT2D eigenvalue weighted by Gasteiger charge is 2.31. The summed E-state index contributed by atoms with van der Waals surface area (Å²) < 4.78 is 3.21. The monoisotopic (exact) mass is 426 g/mol. The van der Waals surface area contributed by atoms with E-state index < -0.39 is 0 Å². The van der Waals surface area contributed by atoms with E-state index in [1.807, 2.05) is 0 Å². The number of hydrogen-bond donors (Lipinski definition) is 0. The number of hydrogen-bond acceptors (Lipinski definition) is 3. The second-order valence-electron chi connectivity index (χ2n) is 7.57. The van der Waals surface area contributed by atoms with Gasteiger partial charge in [-0.2, -0.15) is 9.61 Å². The molecule has 0 aliphatic carbocycles. The highest BCUT2D eigenvalue weighted by Crippen LogP contribution is 2.38. The molecule has 0 fully saturated rings. The van der Waals surface area contributed by atoms with E-state index in [9.17, 15) is 0 Å². The van der Waals surface area contributed by atoms with Gasteiger partial charge in [0.25, 0.3) is 0 Å². The lowest BCUT2D eigenvalue weighted by atomic mass is 10.0. The molecule has 1 aromatic carbocycles. The number of fused-ring (bicyclic) bond motifs is 3. The molecular formula is C22H27BrN4. The Balaban J connectivity index is 1.99. The van der Waals surface area contributed by atoms with Crippen molar-refractivity contribution in [1.29, 1.82) is 0 Å². The van der Waals surface area contributed by atoms with Crippen LogP contribution in [0, 0.1) is 20.8 Å². The van der Waals surface area contributed by atoms with Crippen molar-refractivity contribution < 1.29 is 0 Å². The fraction of sp³-hybridized carbons (Fsp3) is 0.455. The van der Waals surface area contributed by atoms with Crippen LogP contribution in [0.25, 0.3) is 16.8 Å². The lowest BCUT2D eigenvalue weighted by Gasteiger charge is -2.28. The predicted molar refractivity (Wildman–Crippen MR) is 116 cm³/mol. The number of benzene rings is 1. The minimum absolute atomic E-state index is 0.554. The van der Waals surface area contributed by atoms with Crippen LogP contribution in [0.2, 0.25) is 0 Å². The van der Waals surface area contributed by atoms with Crippen LogP contribution in [0.1, 0.15) is 49.2 Å². The van der Waals surface area contributed by atoms with Crippen LogP contribution in [0.3, 0.4) is 0 Å². The molecule has 0 atom stereocenters. The second-order valence-corrected chi connectivity index (χ2v) is 8.48. The summed E-state index contributed by atoms with van der Waals surface area (Å²) in [6.07, 6.45) is 3.36. The Morgan fingerprint density at radius 3 is 2.52 bits per heavy atom. The van der Waals surface area contributed by atoms with Gasteiger partial charge in [-0.05, 0) is 63.3 Å². The molecule has 0 spiro atoms. The number of anilines is 1. The molecule has 3 aromatic rings. The standard InChI is InChI=1S/C22H27BrN4/c1-6-17(7-2)26-11-10-19-14(4)24-21-20(15(5)25-27(21)22(19)26)18-9-8-16(23)12-13(18)3/h8-9,12,17H,6-7,10-11H2,1-5H3. The molecule has 1 aliphatic rings. The van der Waals surface area contributed by atoms with Crippen LogP contribution in [0.15, 0.2) is 22.7 Å². The largest absolute Gasteiger partial charge is 0.353 e. The molecule has 0 saturated heterocycles. The fourth-order valence-corrected chi connectivity index (χ4v) is 4.99. The number of aromatic nitrogens is 3. The van der Waals surface area contributed by atoms with Crippen LogP contribution in [0.5, 0.6) is 0 Å². The Kier molecular flexibility index (Phi) is 4.75. The summed E-state index contributed by atoms with van der Waals surface area (Å²) in [5.74, 6) is 1.26. The first-order valence-corrected chi connectivity index (χ1v) is 10.7. The minimum atomic E-state index is 0.554. The Morgan fingerprint density at radius 2 is 1.85 bits per heavy atom. The van der Waals surface area contributed by atoms with E-state index in [1.54, 1.807) is 0 Å². The molecule has 0 saturated carbocycles. The van der Waals surface area contributed by atoms with Gasteiger partial charge in [0.15, 0.2) is 5.65 Å². The zero-order valence-electron chi connectivity index (χ0n) is 16.8. The third-order valence-corrected chi connectivity index (χ3v) is 6.43. The molecule has 1 aliphatic heterocycles. The van der Waals surface area contributed by atoms with Gasteiger partial charge in [0.2, 0.25) is 0 Å². The molecule has 27 heavy (non-hydrogen) atoms. The van der Waals surface area contributed by atoms with Gasteiger partial charge >= 0.3 is 0 Å². The molecule has 2 aromatic heterocycles. The van der Waals surface area contributed by atoms with Crippen molar-refractivity contribution >= 4 is 27.4 Å². The highest BCUT2D eigenvalue weighted by atomic mass is 79.9. The lowest BCUT2D eigenvalue weighted by Crippen LogP contribution is -2.34. The summed E-state index contributed by atoms with van der Waals surface area (Å²) in [5.41, 5.74) is 8.12. The first-order chi connectivity index (χ1) is 13.0. The van der Waals surface area contributed by atoms with Crippen LogP contribution in [0.4, 0.5) is 5.82 Å². The average molecular weight is 427 g/mol. The predicted octanol–water partition coefficient (Wildman–Crippen LogP) is 5.64. The van der Waals surface area contributed by atoms with Gasteiger partial charge in [-0.15, -0.1) is 0 Å². The van der Waals surface area contributed by atoms with E-state index in [0.29, 0.717) is 6.04 Å². The molecule has 5 heteroatoms. The van der Waals surface area contributed by atoms with Crippen molar-refractivity contribution in [3.8, 4) is 11.1 Å². The topological polar surface area (TPSA) is 33.4 Å². The Bertz CT molecular complexity index is 1020. The zero-order chi connectivity index (χ0) is 19.3. The molecule has 3 heterocycles. The van der Waals surface area contributed by atoms with E-state index in [0.717, 1.165) is 52.9 Å². The third-order valence-electron chi connectivity index (χ3n) is 5.93. The normalized spacial score (nSPS) is 13.8. The smallest absolute Gasteiger partial charge is 0.165 e. The summed E-state index contributed by atoms with van der Waals surface area (Å²) in [6, 6.07) is 6.99. The van der Waals surface area contributed by atoms with Crippen molar-refractivity contribution in [2.24, 2.45) is 0 Å². The molecule has 0 amide bonds. The van der Waals surface area contributed by atoms with E-state index in [2.05, 4.69) is 78.2 Å². The molecule has 0 bridgehead atoms. The SMILES string of the molecule is CCC(CC)N1CCc2c(C)nc3c(-c4ccc(Br)cc4C)c(C)nn3c21. The Labute approximate surface area is 169 Å². The molecule has 0 N–H and O–H groups in total. The van der Waals surface area contributed by atoms with Crippen molar-refractivity contribution in [1.82, 2.24) is 14.6 Å². The van der Waals surface area contributed by atoms with E-state index in [-0.39, 0.29) is 0 Å². The fourth-order valence-electron chi connectivity index (χ4n) is 4.52. The summed E-state index contributed by atoms with van der Waals surface area (Å²) >= 11 is 3.58. The van der Waals surface area contributed by atoms with Gasteiger partial charge in [-0.3, -0.25) is 0 Å². The molecule has 0 unspecified atom stereocenters. The zero-order valence-corrected chi connectivity index (χ0v) is 18.4. The maximum Gasteiger partial charge on any atom is 0.165 e. The van der Waals surface area contributed by atoms with E-state index in [4.69, 9.17) is 10.1 Å². The minimum Gasteiger partial charge on any atom is -0.353 e. The Hall–Kier alpha value is -1.88. The summed E-state index contributed by atoms with van der Waals surface area (Å²) in [5, 5.41) is 4.97. The van der Waals surface area contributed by atoms with Crippen LogP contribution in [-0.4, -0.2) is 27.2 Å². The van der Waals surface area contributed by atoms with Crippen LogP contribution in [-0.2, 0) is 6.42 Å². The number of nitrogens with zero attached hydrogens (tertiary/aromatic N) is 4. The number of aryl methyl sites for hydroxylation is 3. The summed E-state index contributed by atoms with van der Waals surface area (Å²) in [4.78, 5) is 7.57. The van der Waals surface area contributed by atoms with Crippen LogP contribution < -0.4 is 4.90 Å². The van der Waals surface area contributed by atoms with E-state index >= 15 is 0 Å². The van der Waals surface area contributed by atoms with Gasteiger partial charge in [-0.25, -0.2) is 4.98 Å². The second kappa shape index (κ2) is 6.93. The van der Waals surface area contributed by atoms with Gasteiger partial charge in [0, 0.05) is 33.9 Å². The van der Waals surface area contributed by atoms with Crippen molar-refractivity contribution in [3.63, 3.8) is 0 Å². The highest BCUT2D eigenvalue weighted by molar-refractivity contribution is 9.10. The maximum absolute atomic E-state index is 5.02. The first-order valence-electron chi connectivity index (χ1n) is 9.88. The lowest BCUT2D eigenvalue weighted by molar-refractivity contribution is 0.563.